The summed E-state index contributed by atoms with van der Waals surface area (Å²) in [6.45, 7) is 6.05. The fourth-order valence-corrected chi connectivity index (χ4v) is 2.98. The van der Waals surface area contributed by atoms with Gasteiger partial charge in [-0.2, -0.15) is 5.26 Å². The van der Waals surface area contributed by atoms with Gasteiger partial charge in [-0.15, -0.1) is 12.6 Å². The molecule has 1 heterocycles. The van der Waals surface area contributed by atoms with E-state index in [0.717, 1.165) is 27.4 Å². The van der Waals surface area contributed by atoms with Crippen LogP contribution >= 0.6 is 12.6 Å². The summed E-state index contributed by atoms with van der Waals surface area (Å²) < 4.78 is 6.88. The van der Waals surface area contributed by atoms with Crippen LogP contribution in [0.2, 0.25) is 0 Å². The van der Waals surface area contributed by atoms with Crippen molar-refractivity contribution in [1.29, 1.82) is 5.26 Å². The molecule has 0 amide bonds. The molecule has 0 unspecified atom stereocenters. The maximum atomic E-state index is 11.8. The number of carbonyl (C=O) groups is 1. The minimum absolute atomic E-state index is 0.128. The van der Waals surface area contributed by atoms with E-state index in [1.54, 1.807) is 6.92 Å². The molecule has 23 heavy (non-hydrogen) atoms. The highest BCUT2D eigenvalue weighted by Gasteiger charge is 2.20. The van der Waals surface area contributed by atoms with Crippen LogP contribution in [0.15, 0.2) is 29.2 Å². The van der Waals surface area contributed by atoms with Crippen molar-refractivity contribution >= 4 is 18.6 Å². The third kappa shape index (κ3) is 3.59. The number of thiol groups is 1. The van der Waals surface area contributed by atoms with E-state index in [2.05, 4.69) is 18.7 Å². The van der Waals surface area contributed by atoms with Crippen molar-refractivity contribution < 1.29 is 9.53 Å². The number of nitrogens with zero attached hydrogens (tertiary/aromatic N) is 2. The molecule has 120 valence electrons. The quantitative estimate of drug-likeness (QED) is 0.676. The van der Waals surface area contributed by atoms with Gasteiger partial charge in [-0.3, -0.25) is 4.79 Å². The molecule has 0 aliphatic rings. The Bertz CT molecular complexity index is 772. The number of ether oxygens (including phenoxy) is 1. The molecule has 0 saturated carbocycles. The molecule has 5 heteroatoms. The van der Waals surface area contributed by atoms with Gasteiger partial charge in [0.2, 0.25) is 0 Å². The van der Waals surface area contributed by atoms with Gasteiger partial charge in [0.1, 0.15) is 12.6 Å². The van der Waals surface area contributed by atoms with Crippen LogP contribution in [-0.4, -0.2) is 17.1 Å². The number of benzene rings is 1. The van der Waals surface area contributed by atoms with Gasteiger partial charge < -0.3 is 9.30 Å². The van der Waals surface area contributed by atoms with Crippen LogP contribution in [0.3, 0.4) is 0 Å². The summed E-state index contributed by atoms with van der Waals surface area (Å²) in [6, 6.07) is 10.1. The summed E-state index contributed by atoms with van der Waals surface area (Å²) in [4.78, 5) is 12.7. The second-order valence-corrected chi connectivity index (χ2v) is 5.81. The Hall–Kier alpha value is -2.19. The van der Waals surface area contributed by atoms with Gasteiger partial charge in [0.25, 0.3) is 0 Å². The SMILES string of the molecule is CCOC(=O)Cn1c(C)c(C#N)c(Cc2ccccc2S)c1C. The second-order valence-electron chi connectivity index (χ2n) is 5.33. The Morgan fingerprint density at radius 1 is 1.30 bits per heavy atom. The first-order valence-corrected chi connectivity index (χ1v) is 7.95. The van der Waals surface area contributed by atoms with E-state index in [9.17, 15) is 10.1 Å². The zero-order valence-electron chi connectivity index (χ0n) is 13.6. The lowest BCUT2D eigenvalue weighted by Gasteiger charge is -2.09. The van der Waals surface area contributed by atoms with Crippen LogP contribution < -0.4 is 0 Å². The Morgan fingerprint density at radius 2 is 2.00 bits per heavy atom. The molecule has 2 aromatic rings. The summed E-state index contributed by atoms with van der Waals surface area (Å²) in [7, 11) is 0. The van der Waals surface area contributed by atoms with Gasteiger partial charge in [-0.25, -0.2) is 0 Å². The molecule has 0 aliphatic carbocycles. The van der Waals surface area contributed by atoms with E-state index in [4.69, 9.17) is 4.74 Å². The third-order valence-electron chi connectivity index (χ3n) is 3.97. The standard InChI is InChI=1S/C18H20N2O2S/c1-4-22-18(21)11-20-12(2)15(16(10-19)13(20)3)9-14-7-5-6-8-17(14)23/h5-8,23H,4,9,11H2,1-3H3. The third-order valence-corrected chi connectivity index (χ3v) is 4.41. The van der Waals surface area contributed by atoms with Crippen LogP contribution in [0.1, 0.15) is 35.0 Å². The van der Waals surface area contributed by atoms with Crippen LogP contribution in [0.4, 0.5) is 0 Å². The highest BCUT2D eigenvalue weighted by atomic mass is 32.1. The second kappa shape index (κ2) is 7.38. The Balaban J connectivity index is 2.42. The van der Waals surface area contributed by atoms with Crippen molar-refractivity contribution in [3.05, 3.63) is 52.3 Å². The fraction of sp³-hybridized carbons (Fsp3) is 0.333. The minimum atomic E-state index is -0.292. The largest absolute Gasteiger partial charge is 0.465 e. The van der Waals surface area contributed by atoms with Gasteiger partial charge in [-0.05, 0) is 38.0 Å². The van der Waals surface area contributed by atoms with E-state index >= 15 is 0 Å². The fourth-order valence-electron chi connectivity index (χ4n) is 2.74. The normalized spacial score (nSPS) is 10.4. The van der Waals surface area contributed by atoms with E-state index in [1.165, 1.54) is 0 Å². The molecule has 0 atom stereocenters. The molecule has 0 saturated heterocycles. The van der Waals surface area contributed by atoms with Gasteiger partial charge in [0.15, 0.2) is 0 Å². The van der Waals surface area contributed by atoms with Crippen molar-refractivity contribution in [2.75, 3.05) is 6.61 Å². The minimum Gasteiger partial charge on any atom is -0.465 e. The predicted octanol–water partition coefficient (Wildman–Crippen LogP) is 3.42. The van der Waals surface area contributed by atoms with Crippen LogP contribution in [0.5, 0.6) is 0 Å². The number of esters is 1. The van der Waals surface area contributed by atoms with Crippen LogP contribution in [-0.2, 0) is 22.5 Å². The maximum Gasteiger partial charge on any atom is 0.325 e. The molecule has 0 bridgehead atoms. The first-order chi connectivity index (χ1) is 11.0. The van der Waals surface area contributed by atoms with Gasteiger partial charge in [0.05, 0.1) is 12.2 Å². The lowest BCUT2D eigenvalue weighted by atomic mass is 10.0. The molecule has 0 fully saturated rings. The summed E-state index contributed by atoms with van der Waals surface area (Å²) in [5, 5.41) is 9.52. The Morgan fingerprint density at radius 3 is 2.61 bits per heavy atom. The highest BCUT2D eigenvalue weighted by Crippen LogP contribution is 2.26. The average Bonchev–Trinajstić information content (AvgIpc) is 2.74. The predicted molar refractivity (Wildman–Crippen MR) is 91.8 cm³/mol. The molecular weight excluding hydrogens is 308 g/mol. The molecule has 4 nitrogen and oxygen atoms in total. The summed E-state index contributed by atoms with van der Waals surface area (Å²) in [6.07, 6.45) is 0.616. The molecule has 0 N–H and O–H groups in total. The molecule has 0 aliphatic heterocycles. The number of carbonyl (C=O) groups excluding carboxylic acids is 1. The topological polar surface area (TPSA) is 55.0 Å². The van der Waals surface area contributed by atoms with E-state index in [0.29, 0.717) is 18.6 Å². The van der Waals surface area contributed by atoms with E-state index in [1.807, 2.05) is 42.7 Å². The lowest BCUT2D eigenvalue weighted by Crippen LogP contribution is -2.15. The van der Waals surface area contributed by atoms with Crippen molar-refractivity contribution in [3.8, 4) is 6.07 Å². The number of rotatable bonds is 5. The number of aromatic nitrogens is 1. The van der Waals surface area contributed by atoms with Crippen molar-refractivity contribution in [2.24, 2.45) is 0 Å². The van der Waals surface area contributed by atoms with Crippen molar-refractivity contribution in [1.82, 2.24) is 4.57 Å². The molecular formula is C18H20N2O2S. The van der Waals surface area contributed by atoms with Gasteiger partial charge in [-0.1, -0.05) is 18.2 Å². The van der Waals surface area contributed by atoms with Gasteiger partial charge >= 0.3 is 5.97 Å². The zero-order chi connectivity index (χ0) is 17.0. The van der Waals surface area contributed by atoms with Gasteiger partial charge in [0, 0.05) is 22.7 Å². The number of hydrogen-bond acceptors (Lipinski definition) is 4. The Kier molecular flexibility index (Phi) is 5.51. The maximum absolute atomic E-state index is 11.8. The zero-order valence-corrected chi connectivity index (χ0v) is 14.5. The molecule has 1 aromatic heterocycles. The van der Waals surface area contributed by atoms with Crippen molar-refractivity contribution in [3.63, 3.8) is 0 Å². The van der Waals surface area contributed by atoms with E-state index in [-0.39, 0.29) is 12.5 Å². The molecule has 2 rings (SSSR count). The highest BCUT2D eigenvalue weighted by molar-refractivity contribution is 7.80. The molecule has 0 radical (unpaired) electrons. The first kappa shape index (κ1) is 17.2. The van der Waals surface area contributed by atoms with Crippen molar-refractivity contribution in [2.45, 2.75) is 38.6 Å². The smallest absolute Gasteiger partial charge is 0.325 e. The Labute approximate surface area is 142 Å². The summed E-state index contributed by atoms with van der Waals surface area (Å²) in [5.74, 6) is -0.292. The number of hydrogen-bond donors (Lipinski definition) is 1. The molecule has 0 spiro atoms. The molecule has 1 aromatic carbocycles. The van der Waals surface area contributed by atoms with Crippen LogP contribution in [0.25, 0.3) is 0 Å². The van der Waals surface area contributed by atoms with E-state index < -0.39 is 0 Å². The monoisotopic (exact) mass is 328 g/mol. The summed E-state index contributed by atoms with van der Waals surface area (Å²) >= 11 is 4.48. The first-order valence-electron chi connectivity index (χ1n) is 7.50. The lowest BCUT2D eigenvalue weighted by molar-refractivity contribution is -0.143. The van der Waals surface area contributed by atoms with Crippen LogP contribution in [0, 0.1) is 25.2 Å². The summed E-state index contributed by atoms with van der Waals surface area (Å²) in [5.41, 5.74) is 4.34. The average molecular weight is 328 g/mol. The number of nitriles is 1.